The van der Waals surface area contributed by atoms with E-state index in [1.807, 2.05) is 22.7 Å². The molecule has 0 amide bonds. The molecule has 1 saturated carbocycles. The van der Waals surface area contributed by atoms with Gasteiger partial charge in [-0.25, -0.2) is 0 Å². The SMILES string of the molecule is CC1CCC(NCc2cc(-c3cccs3)cs2)C1. The average Bonchev–Trinajstić information content (AvgIpc) is 3.07. The van der Waals surface area contributed by atoms with Crippen LogP contribution in [0.25, 0.3) is 10.4 Å². The number of hydrogen-bond donors (Lipinski definition) is 1. The van der Waals surface area contributed by atoms with Crippen molar-refractivity contribution in [3.8, 4) is 10.4 Å². The molecular weight excluding hydrogens is 258 g/mol. The summed E-state index contributed by atoms with van der Waals surface area (Å²) in [4.78, 5) is 2.84. The maximum Gasteiger partial charge on any atom is 0.0351 e. The van der Waals surface area contributed by atoms with Crippen LogP contribution in [0.1, 0.15) is 31.1 Å². The van der Waals surface area contributed by atoms with Crippen molar-refractivity contribution in [1.82, 2.24) is 5.32 Å². The first-order valence-electron chi connectivity index (χ1n) is 6.66. The predicted molar refractivity (Wildman–Crippen MR) is 81.3 cm³/mol. The van der Waals surface area contributed by atoms with Gasteiger partial charge >= 0.3 is 0 Å². The van der Waals surface area contributed by atoms with Crippen LogP contribution in [0.3, 0.4) is 0 Å². The van der Waals surface area contributed by atoms with Crippen LogP contribution in [-0.2, 0) is 6.54 Å². The van der Waals surface area contributed by atoms with Crippen LogP contribution in [0.2, 0.25) is 0 Å². The van der Waals surface area contributed by atoms with E-state index >= 15 is 0 Å². The van der Waals surface area contributed by atoms with Gasteiger partial charge in [-0.1, -0.05) is 13.0 Å². The summed E-state index contributed by atoms with van der Waals surface area (Å²) in [5, 5.41) is 8.12. The summed E-state index contributed by atoms with van der Waals surface area (Å²) < 4.78 is 0. The Morgan fingerprint density at radius 3 is 3.00 bits per heavy atom. The fourth-order valence-corrected chi connectivity index (χ4v) is 4.31. The highest BCUT2D eigenvalue weighted by atomic mass is 32.1. The Morgan fingerprint density at radius 1 is 1.33 bits per heavy atom. The molecule has 3 heteroatoms. The zero-order chi connectivity index (χ0) is 12.4. The summed E-state index contributed by atoms with van der Waals surface area (Å²) in [7, 11) is 0. The van der Waals surface area contributed by atoms with E-state index in [0.29, 0.717) is 0 Å². The van der Waals surface area contributed by atoms with Crippen molar-refractivity contribution in [1.29, 1.82) is 0 Å². The smallest absolute Gasteiger partial charge is 0.0351 e. The second kappa shape index (κ2) is 5.55. The molecule has 1 aliphatic carbocycles. The molecular formula is C15H19NS2. The van der Waals surface area contributed by atoms with Crippen molar-refractivity contribution < 1.29 is 0 Å². The number of rotatable bonds is 4. The molecule has 1 aliphatic rings. The fourth-order valence-electron chi connectivity index (χ4n) is 2.68. The van der Waals surface area contributed by atoms with Crippen molar-refractivity contribution in [2.24, 2.45) is 5.92 Å². The van der Waals surface area contributed by atoms with Crippen LogP contribution >= 0.6 is 22.7 Å². The minimum atomic E-state index is 0.743. The highest BCUT2D eigenvalue weighted by Crippen LogP contribution is 2.30. The van der Waals surface area contributed by atoms with Crippen LogP contribution in [-0.4, -0.2) is 6.04 Å². The molecule has 2 aromatic rings. The van der Waals surface area contributed by atoms with Crippen LogP contribution in [0.4, 0.5) is 0 Å². The van der Waals surface area contributed by atoms with Gasteiger partial charge in [-0.2, -0.15) is 0 Å². The van der Waals surface area contributed by atoms with Crippen LogP contribution < -0.4 is 5.32 Å². The van der Waals surface area contributed by atoms with Crippen molar-refractivity contribution in [3.63, 3.8) is 0 Å². The van der Waals surface area contributed by atoms with Gasteiger partial charge in [-0.3, -0.25) is 0 Å². The minimum Gasteiger partial charge on any atom is -0.309 e. The Labute approximate surface area is 117 Å². The van der Waals surface area contributed by atoms with E-state index in [9.17, 15) is 0 Å². The number of thiophene rings is 2. The highest BCUT2D eigenvalue weighted by Gasteiger charge is 2.20. The second-order valence-corrected chi connectivity index (χ2v) is 7.22. The molecule has 96 valence electrons. The minimum absolute atomic E-state index is 0.743. The van der Waals surface area contributed by atoms with Crippen molar-refractivity contribution in [3.05, 3.63) is 33.8 Å². The van der Waals surface area contributed by atoms with Gasteiger partial charge in [0.15, 0.2) is 0 Å². The van der Waals surface area contributed by atoms with Gasteiger partial charge in [0.25, 0.3) is 0 Å². The molecule has 1 fully saturated rings. The zero-order valence-electron chi connectivity index (χ0n) is 10.7. The molecule has 3 rings (SSSR count). The molecule has 2 atom stereocenters. The summed E-state index contributed by atoms with van der Waals surface area (Å²) in [6.07, 6.45) is 4.09. The highest BCUT2D eigenvalue weighted by molar-refractivity contribution is 7.14. The molecule has 0 aliphatic heterocycles. The van der Waals surface area contributed by atoms with Crippen molar-refractivity contribution >= 4 is 22.7 Å². The van der Waals surface area contributed by atoms with Gasteiger partial charge in [0.1, 0.15) is 0 Å². The summed E-state index contributed by atoms with van der Waals surface area (Å²) in [5.74, 6) is 0.910. The van der Waals surface area contributed by atoms with Crippen molar-refractivity contribution in [2.75, 3.05) is 0 Å². The van der Waals surface area contributed by atoms with E-state index in [0.717, 1.165) is 18.5 Å². The van der Waals surface area contributed by atoms with Gasteiger partial charge in [0.05, 0.1) is 0 Å². The lowest BCUT2D eigenvalue weighted by Gasteiger charge is -2.10. The predicted octanol–water partition coefficient (Wildman–Crippen LogP) is 4.75. The van der Waals surface area contributed by atoms with Crippen LogP contribution in [0.5, 0.6) is 0 Å². The Balaban J connectivity index is 1.57. The standard InChI is InChI=1S/C15H19NS2/c1-11-4-5-13(7-11)16-9-14-8-12(10-18-14)15-3-2-6-17-15/h2-3,6,8,10-11,13,16H,4-5,7,9H2,1H3. The van der Waals surface area contributed by atoms with Crippen LogP contribution in [0, 0.1) is 5.92 Å². The molecule has 0 saturated heterocycles. The third-order valence-electron chi connectivity index (χ3n) is 3.72. The normalized spacial score (nSPS) is 23.6. The molecule has 0 bridgehead atoms. The van der Waals surface area contributed by atoms with Crippen molar-refractivity contribution in [2.45, 2.75) is 38.8 Å². The third-order valence-corrected chi connectivity index (χ3v) is 5.57. The van der Waals surface area contributed by atoms with Gasteiger partial charge in [-0.15, -0.1) is 22.7 Å². The van der Waals surface area contributed by atoms with Gasteiger partial charge in [-0.05, 0) is 48.1 Å². The van der Waals surface area contributed by atoms with E-state index in [1.165, 1.54) is 34.6 Å². The Morgan fingerprint density at radius 2 is 2.28 bits per heavy atom. The molecule has 18 heavy (non-hydrogen) atoms. The third kappa shape index (κ3) is 2.85. The molecule has 2 unspecified atom stereocenters. The Hall–Kier alpha value is -0.640. The Bertz CT molecular complexity index is 486. The lowest BCUT2D eigenvalue weighted by molar-refractivity contribution is 0.504. The molecule has 2 aromatic heterocycles. The quantitative estimate of drug-likeness (QED) is 0.850. The molecule has 0 radical (unpaired) electrons. The molecule has 1 N–H and O–H groups in total. The monoisotopic (exact) mass is 277 g/mol. The molecule has 2 heterocycles. The maximum atomic E-state index is 3.70. The van der Waals surface area contributed by atoms with Gasteiger partial charge in [0, 0.05) is 27.9 Å². The maximum absolute atomic E-state index is 3.70. The van der Waals surface area contributed by atoms with E-state index < -0.39 is 0 Å². The first-order chi connectivity index (χ1) is 8.81. The van der Waals surface area contributed by atoms with Crippen LogP contribution in [0.15, 0.2) is 29.0 Å². The fraction of sp³-hybridized carbons (Fsp3) is 0.467. The number of nitrogens with one attached hydrogen (secondary N) is 1. The zero-order valence-corrected chi connectivity index (χ0v) is 12.3. The topological polar surface area (TPSA) is 12.0 Å². The lowest BCUT2D eigenvalue weighted by atomic mass is 10.1. The first kappa shape index (κ1) is 12.4. The summed E-state index contributed by atoms with van der Waals surface area (Å²) in [6, 6.07) is 7.40. The second-order valence-electron chi connectivity index (χ2n) is 5.28. The van der Waals surface area contributed by atoms with Gasteiger partial charge < -0.3 is 5.32 Å². The Kier molecular flexibility index (Phi) is 3.83. The van der Waals surface area contributed by atoms with E-state index in [4.69, 9.17) is 0 Å². The summed E-state index contributed by atoms with van der Waals surface area (Å²) in [6.45, 7) is 3.40. The molecule has 1 nitrogen and oxygen atoms in total. The van der Waals surface area contributed by atoms with E-state index in [-0.39, 0.29) is 0 Å². The molecule has 0 spiro atoms. The molecule has 0 aromatic carbocycles. The van der Waals surface area contributed by atoms with Gasteiger partial charge in [0.2, 0.25) is 0 Å². The lowest BCUT2D eigenvalue weighted by Crippen LogP contribution is -2.25. The van der Waals surface area contributed by atoms with E-state index in [1.54, 1.807) is 0 Å². The summed E-state index contributed by atoms with van der Waals surface area (Å²) >= 11 is 3.70. The number of hydrogen-bond acceptors (Lipinski definition) is 3. The average molecular weight is 277 g/mol. The summed E-state index contributed by atoms with van der Waals surface area (Å²) in [5.41, 5.74) is 1.38. The first-order valence-corrected chi connectivity index (χ1v) is 8.42. The largest absolute Gasteiger partial charge is 0.309 e. The van der Waals surface area contributed by atoms with E-state index in [2.05, 4.69) is 41.2 Å².